The monoisotopic (exact) mass is 1120 g/mol. The third-order valence-corrected chi connectivity index (χ3v) is 23.4. The molecule has 386 valence electrons. The van der Waals surface area contributed by atoms with Crippen LogP contribution in [0.3, 0.4) is 0 Å². The minimum Gasteiger partial charge on any atom is -0.379 e. The van der Waals surface area contributed by atoms with Crippen molar-refractivity contribution < 1.29 is 18.6 Å². The Morgan fingerprint density at radius 1 is 0.714 bits per heavy atom. The first-order valence-corrected chi connectivity index (χ1v) is 33.6. The van der Waals surface area contributed by atoms with Gasteiger partial charge in [-0.2, -0.15) is 5.26 Å². The molecule has 0 saturated heterocycles. The molecule has 0 fully saturated rings. The van der Waals surface area contributed by atoms with Gasteiger partial charge in [0.05, 0.1) is 31.8 Å². The zero-order chi connectivity index (χ0) is 51.2. The number of amides is 1. The Morgan fingerprint density at radius 3 is 1.60 bits per heavy atom. The highest BCUT2D eigenvalue weighted by Gasteiger charge is 2.44. The van der Waals surface area contributed by atoms with Crippen LogP contribution in [0.1, 0.15) is 102 Å². The fraction of sp³-hybridized carbons (Fsp3) is 0.560. The van der Waals surface area contributed by atoms with E-state index < -0.39 is 8.53 Å². The molecular weight excluding hydrogens is 1050 g/mol. The molecule has 0 aromatic carbocycles. The highest BCUT2D eigenvalue weighted by Crippen LogP contribution is 2.56. The van der Waals surface area contributed by atoms with Crippen molar-refractivity contribution in [3.8, 4) is 6.07 Å². The quantitative estimate of drug-likeness (QED) is 0.0290. The van der Waals surface area contributed by atoms with Gasteiger partial charge < -0.3 is 19.1 Å². The number of pyridine rings is 4. The second kappa shape index (κ2) is 35.8. The Balaban J connectivity index is 0.000000370. The van der Waals surface area contributed by atoms with Gasteiger partial charge in [-0.15, -0.1) is 0 Å². The summed E-state index contributed by atoms with van der Waals surface area (Å²) in [4.78, 5) is 29.9. The molecule has 70 heavy (non-hydrogen) atoms. The number of ether oxygens (including phenoxy) is 1. The summed E-state index contributed by atoms with van der Waals surface area (Å²) < 4.78 is 20.3. The van der Waals surface area contributed by atoms with Crippen molar-refractivity contribution >= 4 is 101 Å². The number of carbonyl (C=O) groups is 1. The molecule has 4 heterocycles. The average molecular weight is 1120 g/mol. The number of nitrogens with one attached hydrogen (secondary N) is 1. The first kappa shape index (κ1) is 62.9. The largest absolute Gasteiger partial charge is 0.379 e. The lowest BCUT2D eigenvalue weighted by atomic mass is 9.82. The minimum absolute atomic E-state index is 0.0523. The van der Waals surface area contributed by atoms with E-state index in [9.17, 15) is 4.79 Å². The third kappa shape index (κ3) is 26.2. The zero-order valence-electron chi connectivity index (χ0n) is 42.6. The molecule has 0 aliphatic heterocycles. The molecular formula is C50H74N7O4PS8. The van der Waals surface area contributed by atoms with Crippen molar-refractivity contribution in [2.24, 2.45) is 10.8 Å². The van der Waals surface area contributed by atoms with Gasteiger partial charge in [-0.25, -0.2) is 24.6 Å². The number of hydrogen-bond acceptors (Lipinski definition) is 18. The highest BCUT2D eigenvalue weighted by molar-refractivity contribution is 8.79. The van der Waals surface area contributed by atoms with Crippen molar-refractivity contribution in [2.75, 3.05) is 32.1 Å². The van der Waals surface area contributed by atoms with Crippen molar-refractivity contribution in [1.82, 2.24) is 29.9 Å². The summed E-state index contributed by atoms with van der Waals surface area (Å²) in [6, 6.07) is 26.8. The molecule has 20 heteroatoms. The summed E-state index contributed by atoms with van der Waals surface area (Å²) in [5.74, 6) is 0.791. The van der Waals surface area contributed by atoms with Gasteiger partial charge in [0.1, 0.15) is 20.1 Å². The van der Waals surface area contributed by atoms with E-state index in [2.05, 4.69) is 149 Å². The van der Waals surface area contributed by atoms with E-state index >= 15 is 0 Å². The molecule has 0 saturated carbocycles. The van der Waals surface area contributed by atoms with E-state index in [0.29, 0.717) is 55.0 Å². The van der Waals surface area contributed by atoms with Gasteiger partial charge in [-0.1, -0.05) is 116 Å². The second-order valence-corrected chi connectivity index (χ2v) is 29.3. The maximum Gasteiger partial charge on any atom is 0.259 e. The summed E-state index contributed by atoms with van der Waals surface area (Å²) in [7, 11) is 13.2. The average Bonchev–Trinajstić information content (AvgIpc) is 3.33. The molecule has 0 radical (unpaired) electrons. The van der Waals surface area contributed by atoms with Gasteiger partial charge in [-0.3, -0.25) is 4.79 Å². The summed E-state index contributed by atoms with van der Waals surface area (Å²) in [6.45, 7) is 26.7. The van der Waals surface area contributed by atoms with Crippen LogP contribution in [-0.4, -0.2) is 96.6 Å². The smallest absolute Gasteiger partial charge is 0.259 e. The SMILES string of the molecule is CC(C)(C)C(SSc1ccccn1)C(SSc1ccccn1)C(SSc1ccccn1)C(C)(C)C.CCC(COCCCNC(=O)CCSSc1ccccn1)OP(OCCC#N)N(C(C)C)C(C)C. The molecule has 4 rings (SSSR count). The number of carbonyl (C=O) groups excluding carboxylic acids is 1. The number of hydrogen-bond donors (Lipinski definition) is 1. The van der Waals surface area contributed by atoms with E-state index in [4.69, 9.17) is 19.0 Å². The maximum absolute atomic E-state index is 12.0. The first-order valence-electron chi connectivity index (χ1n) is 23.6. The van der Waals surface area contributed by atoms with Gasteiger partial charge in [0.25, 0.3) is 8.53 Å². The summed E-state index contributed by atoms with van der Waals surface area (Å²) in [5.41, 5.74) is 0.184. The molecule has 11 nitrogen and oxygen atoms in total. The predicted octanol–water partition coefficient (Wildman–Crippen LogP) is 15.5. The van der Waals surface area contributed by atoms with E-state index in [0.717, 1.165) is 38.7 Å². The Bertz CT molecular complexity index is 1940. The van der Waals surface area contributed by atoms with Crippen LogP contribution < -0.4 is 5.32 Å². The third-order valence-electron chi connectivity index (χ3n) is 9.58. The molecule has 4 aromatic rings. The molecule has 0 aliphatic rings. The predicted molar refractivity (Wildman–Crippen MR) is 309 cm³/mol. The lowest BCUT2D eigenvalue weighted by molar-refractivity contribution is -0.120. The van der Waals surface area contributed by atoms with Crippen LogP contribution >= 0.6 is 94.9 Å². The van der Waals surface area contributed by atoms with Crippen LogP contribution in [0.5, 0.6) is 0 Å². The summed E-state index contributed by atoms with van der Waals surface area (Å²) in [6.07, 6.45) is 9.66. The minimum atomic E-state index is -1.28. The van der Waals surface area contributed by atoms with E-state index in [1.54, 1.807) is 60.2 Å². The van der Waals surface area contributed by atoms with Crippen molar-refractivity contribution in [2.45, 2.75) is 156 Å². The number of nitrogens with zero attached hydrogens (tertiary/aromatic N) is 6. The Labute approximate surface area is 453 Å². The van der Waals surface area contributed by atoms with E-state index in [1.165, 1.54) is 0 Å². The summed E-state index contributed by atoms with van der Waals surface area (Å²) >= 11 is 0. The number of rotatable bonds is 31. The lowest BCUT2D eigenvalue weighted by Crippen LogP contribution is -2.43. The Hall–Kier alpha value is -1.37. The Kier molecular flexibility index (Phi) is 32.1. The van der Waals surface area contributed by atoms with Crippen LogP contribution in [0.2, 0.25) is 0 Å². The normalized spacial score (nSPS) is 14.1. The molecule has 4 unspecified atom stereocenters. The molecule has 4 aromatic heterocycles. The van der Waals surface area contributed by atoms with Crippen molar-refractivity contribution in [1.29, 1.82) is 5.26 Å². The maximum atomic E-state index is 12.0. The molecule has 0 spiro atoms. The number of nitriles is 1. The van der Waals surface area contributed by atoms with Gasteiger partial charge >= 0.3 is 0 Å². The van der Waals surface area contributed by atoms with E-state index in [1.807, 2.05) is 87.4 Å². The standard InChI is InChI=1S/C26H33N3S6.C24H41N4O4PS2/c1-25(2,3)23(34-31-20-14-8-11-17-28-20)22(33-30-19-13-7-10-16-27-19)24(26(4,5)6)35-32-21-15-9-12-18-29-21;1-6-22(32-33(31-17-9-13-25)28(20(2)3)21(4)5)19-30-16-10-15-26-23(29)12-18-34-35-24-11-7-8-14-27-24/h7-18,22-24H,1-6H3;7-8,11,14,20-22H,6,9-10,12,15-19H2,1-5H3,(H,26,29). The van der Waals surface area contributed by atoms with Gasteiger partial charge in [-0.05, 0) is 143 Å². The molecule has 1 amide bonds. The molecule has 0 bridgehead atoms. The number of aromatic nitrogens is 4. The fourth-order valence-electron chi connectivity index (χ4n) is 6.12. The second-order valence-electron chi connectivity index (χ2n) is 18.4. The first-order chi connectivity index (χ1) is 33.5. The topological polar surface area (TPSA) is 135 Å². The van der Waals surface area contributed by atoms with Crippen molar-refractivity contribution in [3.05, 3.63) is 97.6 Å². The van der Waals surface area contributed by atoms with Gasteiger partial charge in [0, 0.05) is 77.9 Å². The van der Waals surface area contributed by atoms with Crippen LogP contribution in [0, 0.1) is 22.2 Å². The molecule has 0 aliphatic carbocycles. The van der Waals surface area contributed by atoms with Crippen LogP contribution in [0.25, 0.3) is 0 Å². The van der Waals surface area contributed by atoms with Gasteiger partial charge in [0.2, 0.25) is 5.91 Å². The van der Waals surface area contributed by atoms with Crippen LogP contribution in [0.15, 0.2) is 118 Å². The summed E-state index contributed by atoms with van der Waals surface area (Å²) in [5, 5.41) is 17.0. The van der Waals surface area contributed by atoms with Crippen LogP contribution in [-0.2, 0) is 18.6 Å². The fourth-order valence-corrected chi connectivity index (χ4v) is 20.7. The van der Waals surface area contributed by atoms with Gasteiger partial charge in [0.15, 0.2) is 0 Å². The van der Waals surface area contributed by atoms with E-state index in [-0.39, 0.29) is 34.9 Å². The molecule has 4 atom stereocenters. The van der Waals surface area contributed by atoms with Crippen molar-refractivity contribution in [3.63, 3.8) is 0 Å². The Morgan fingerprint density at radius 2 is 1.19 bits per heavy atom. The highest BCUT2D eigenvalue weighted by atomic mass is 33.1. The lowest BCUT2D eigenvalue weighted by Gasteiger charge is -2.43. The van der Waals surface area contributed by atoms with Crippen LogP contribution in [0.4, 0.5) is 0 Å². The zero-order valence-corrected chi connectivity index (χ0v) is 50.0. The molecule has 1 N–H and O–H groups in total.